The first-order chi connectivity index (χ1) is 8.29. The molecule has 1 atom stereocenters. The van der Waals surface area contributed by atoms with Gasteiger partial charge in [0.1, 0.15) is 11.9 Å². The van der Waals surface area contributed by atoms with Crippen LogP contribution in [-0.4, -0.2) is 24.1 Å². The molecule has 0 aliphatic carbocycles. The fourth-order valence-electron chi connectivity index (χ4n) is 1.78. The third-order valence-electron chi connectivity index (χ3n) is 2.88. The Morgan fingerprint density at radius 2 is 1.83 bits per heavy atom. The molecule has 0 aliphatic heterocycles. The zero-order valence-corrected chi connectivity index (χ0v) is 12.5. The van der Waals surface area contributed by atoms with E-state index in [1.165, 1.54) is 0 Å². The summed E-state index contributed by atoms with van der Waals surface area (Å²) in [6.45, 7) is 10.7. The van der Waals surface area contributed by atoms with Crippen molar-refractivity contribution in [1.29, 1.82) is 0 Å². The zero-order chi connectivity index (χ0) is 13.9. The lowest BCUT2D eigenvalue weighted by atomic mass is 9.91. The maximum absolute atomic E-state index is 5.51. The topological polar surface area (TPSA) is 47.0 Å². The molecule has 1 aromatic heterocycles. The highest BCUT2D eigenvalue weighted by Crippen LogP contribution is 2.27. The van der Waals surface area contributed by atoms with Gasteiger partial charge in [-0.05, 0) is 5.92 Å². The minimum absolute atomic E-state index is 0.00143. The van der Waals surface area contributed by atoms with Crippen molar-refractivity contribution in [3.63, 3.8) is 0 Å². The van der Waals surface area contributed by atoms with Crippen LogP contribution in [0.3, 0.4) is 0 Å². The van der Waals surface area contributed by atoms with Crippen molar-refractivity contribution in [2.24, 2.45) is 5.92 Å². The summed E-state index contributed by atoms with van der Waals surface area (Å²) in [5.41, 5.74) is 1.03. The molecule has 0 aromatic carbocycles. The molecule has 0 spiro atoms. The molecule has 1 unspecified atom stereocenters. The SMILES string of the molecule is CNc1cc(C(C)(C)C)nc(C(OC)C(C)C)n1. The van der Waals surface area contributed by atoms with Crippen LogP contribution in [0.1, 0.15) is 52.2 Å². The number of methoxy groups -OCH3 is 1. The van der Waals surface area contributed by atoms with E-state index in [1.54, 1.807) is 7.11 Å². The molecule has 0 saturated heterocycles. The van der Waals surface area contributed by atoms with Gasteiger partial charge in [-0.3, -0.25) is 0 Å². The van der Waals surface area contributed by atoms with E-state index >= 15 is 0 Å². The first-order valence-corrected chi connectivity index (χ1v) is 6.39. The highest BCUT2D eigenvalue weighted by atomic mass is 16.5. The minimum atomic E-state index is -0.0700. The number of nitrogens with one attached hydrogen (secondary N) is 1. The van der Waals surface area contributed by atoms with E-state index in [4.69, 9.17) is 4.74 Å². The van der Waals surface area contributed by atoms with Crippen molar-refractivity contribution in [3.8, 4) is 0 Å². The van der Waals surface area contributed by atoms with Crippen LogP contribution in [-0.2, 0) is 10.2 Å². The molecule has 4 heteroatoms. The van der Waals surface area contributed by atoms with Gasteiger partial charge >= 0.3 is 0 Å². The molecule has 0 amide bonds. The Morgan fingerprint density at radius 1 is 1.22 bits per heavy atom. The zero-order valence-electron chi connectivity index (χ0n) is 12.5. The standard InChI is InChI=1S/C14H25N3O/c1-9(2)12(18-7)13-16-10(14(3,4)5)8-11(15-6)17-13/h8-9,12H,1-7H3,(H,15,16,17). The maximum Gasteiger partial charge on any atom is 0.159 e. The summed E-state index contributed by atoms with van der Waals surface area (Å²) >= 11 is 0. The van der Waals surface area contributed by atoms with Gasteiger partial charge in [-0.15, -0.1) is 0 Å². The lowest BCUT2D eigenvalue weighted by Gasteiger charge is -2.23. The normalized spacial score (nSPS) is 13.8. The largest absolute Gasteiger partial charge is 0.373 e. The highest BCUT2D eigenvalue weighted by Gasteiger charge is 2.23. The number of hydrogen-bond donors (Lipinski definition) is 1. The van der Waals surface area contributed by atoms with Gasteiger partial charge in [0.15, 0.2) is 5.82 Å². The number of hydrogen-bond acceptors (Lipinski definition) is 4. The Bertz CT molecular complexity index is 397. The van der Waals surface area contributed by atoms with E-state index in [-0.39, 0.29) is 11.5 Å². The Hall–Kier alpha value is -1.16. The van der Waals surface area contributed by atoms with Gasteiger partial charge in [0.25, 0.3) is 0 Å². The van der Waals surface area contributed by atoms with Crippen molar-refractivity contribution >= 4 is 5.82 Å². The van der Waals surface area contributed by atoms with E-state index in [1.807, 2.05) is 13.1 Å². The molecule has 1 rings (SSSR count). The van der Waals surface area contributed by atoms with Gasteiger partial charge in [0, 0.05) is 25.6 Å². The van der Waals surface area contributed by atoms with E-state index < -0.39 is 0 Å². The van der Waals surface area contributed by atoms with Crippen LogP contribution in [0.2, 0.25) is 0 Å². The molecule has 102 valence electrons. The number of rotatable bonds is 4. The summed E-state index contributed by atoms with van der Waals surface area (Å²) in [5, 5.41) is 3.09. The van der Waals surface area contributed by atoms with Gasteiger partial charge in [0.05, 0.1) is 5.69 Å². The van der Waals surface area contributed by atoms with Crippen molar-refractivity contribution in [1.82, 2.24) is 9.97 Å². The summed E-state index contributed by atoms with van der Waals surface area (Å²) in [6.07, 6.45) is -0.0700. The molecular formula is C14H25N3O. The van der Waals surface area contributed by atoms with Crippen LogP contribution in [0.4, 0.5) is 5.82 Å². The maximum atomic E-state index is 5.51. The van der Waals surface area contributed by atoms with E-state index in [0.717, 1.165) is 17.3 Å². The fourth-order valence-corrected chi connectivity index (χ4v) is 1.78. The predicted molar refractivity (Wildman–Crippen MR) is 74.9 cm³/mol. The van der Waals surface area contributed by atoms with Crippen LogP contribution in [0.25, 0.3) is 0 Å². The van der Waals surface area contributed by atoms with Crippen LogP contribution in [0.15, 0.2) is 6.07 Å². The summed E-state index contributed by atoms with van der Waals surface area (Å²) in [6, 6.07) is 2.00. The number of anilines is 1. The first kappa shape index (κ1) is 14.9. The summed E-state index contributed by atoms with van der Waals surface area (Å²) in [7, 11) is 3.58. The average Bonchev–Trinajstić information content (AvgIpc) is 2.27. The van der Waals surface area contributed by atoms with Gasteiger partial charge < -0.3 is 10.1 Å². The number of aromatic nitrogens is 2. The second kappa shape index (κ2) is 5.65. The monoisotopic (exact) mass is 251 g/mol. The summed E-state index contributed by atoms with van der Waals surface area (Å²) in [5.74, 6) is 1.94. The first-order valence-electron chi connectivity index (χ1n) is 6.39. The average molecular weight is 251 g/mol. The van der Waals surface area contributed by atoms with E-state index in [9.17, 15) is 0 Å². The molecular weight excluding hydrogens is 226 g/mol. The molecule has 1 N–H and O–H groups in total. The smallest absolute Gasteiger partial charge is 0.159 e. The highest BCUT2D eigenvalue weighted by molar-refractivity contribution is 5.37. The summed E-state index contributed by atoms with van der Waals surface area (Å²) in [4.78, 5) is 9.18. The van der Waals surface area contributed by atoms with Crippen LogP contribution in [0, 0.1) is 5.92 Å². The van der Waals surface area contributed by atoms with Crippen LogP contribution < -0.4 is 5.32 Å². The molecule has 0 saturated carbocycles. The molecule has 0 bridgehead atoms. The van der Waals surface area contributed by atoms with E-state index in [0.29, 0.717) is 5.92 Å². The molecule has 0 aliphatic rings. The van der Waals surface area contributed by atoms with E-state index in [2.05, 4.69) is 49.9 Å². The molecule has 1 aromatic rings. The second-order valence-electron chi connectivity index (χ2n) is 5.90. The quantitative estimate of drug-likeness (QED) is 0.893. The van der Waals surface area contributed by atoms with Gasteiger partial charge in [-0.2, -0.15) is 0 Å². The molecule has 0 radical (unpaired) electrons. The number of nitrogens with zero attached hydrogens (tertiary/aromatic N) is 2. The van der Waals surface area contributed by atoms with Crippen molar-refractivity contribution in [2.75, 3.05) is 19.5 Å². The minimum Gasteiger partial charge on any atom is -0.373 e. The van der Waals surface area contributed by atoms with Gasteiger partial charge in [0.2, 0.25) is 0 Å². The Labute approximate surface area is 110 Å². The molecule has 0 fully saturated rings. The third-order valence-corrected chi connectivity index (χ3v) is 2.88. The Kier molecular flexibility index (Phi) is 4.68. The molecule has 4 nitrogen and oxygen atoms in total. The second-order valence-corrected chi connectivity index (χ2v) is 5.90. The van der Waals surface area contributed by atoms with Crippen molar-refractivity contribution in [3.05, 3.63) is 17.6 Å². The third kappa shape index (κ3) is 3.42. The van der Waals surface area contributed by atoms with Crippen molar-refractivity contribution < 1.29 is 4.74 Å². The Morgan fingerprint density at radius 3 is 2.22 bits per heavy atom. The van der Waals surface area contributed by atoms with Crippen LogP contribution in [0.5, 0.6) is 0 Å². The number of ether oxygens (including phenoxy) is 1. The van der Waals surface area contributed by atoms with Gasteiger partial charge in [-0.1, -0.05) is 34.6 Å². The summed E-state index contributed by atoms with van der Waals surface area (Å²) < 4.78 is 5.51. The Balaban J connectivity index is 3.27. The lowest BCUT2D eigenvalue weighted by Crippen LogP contribution is -2.20. The van der Waals surface area contributed by atoms with Crippen molar-refractivity contribution in [2.45, 2.75) is 46.1 Å². The lowest BCUT2D eigenvalue weighted by molar-refractivity contribution is 0.0572. The van der Waals surface area contributed by atoms with Crippen LogP contribution >= 0.6 is 0 Å². The van der Waals surface area contributed by atoms with Gasteiger partial charge in [-0.25, -0.2) is 9.97 Å². The fraction of sp³-hybridized carbons (Fsp3) is 0.714. The molecule has 18 heavy (non-hydrogen) atoms. The molecule has 1 heterocycles. The predicted octanol–water partition coefficient (Wildman–Crippen LogP) is 3.16.